The molecule has 0 spiro atoms. The number of hydrogen-bond acceptors (Lipinski definition) is 2. The molecule has 0 saturated carbocycles. The quantitative estimate of drug-likeness (QED) is 0.167. The van der Waals surface area contributed by atoms with Gasteiger partial charge in [-0.15, -0.1) is 22.7 Å². The monoisotopic (exact) mass is 630 g/mol. The van der Waals surface area contributed by atoms with E-state index >= 15 is 0 Å². The van der Waals surface area contributed by atoms with E-state index in [9.17, 15) is 0 Å². The van der Waals surface area contributed by atoms with Gasteiger partial charge in [-0.2, -0.15) is 0 Å². The summed E-state index contributed by atoms with van der Waals surface area (Å²) in [6.45, 7) is 0. The summed E-state index contributed by atoms with van der Waals surface area (Å²) in [6.07, 6.45) is 0.974. The number of benzene rings is 8. The molecule has 0 atom stereocenters. The van der Waals surface area contributed by atoms with Gasteiger partial charge < -0.3 is 0 Å². The van der Waals surface area contributed by atoms with E-state index in [0.717, 1.165) is 6.42 Å². The molecule has 0 saturated heterocycles. The Morgan fingerprint density at radius 2 is 0.872 bits per heavy atom. The van der Waals surface area contributed by atoms with Crippen molar-refractivity contribution in [3.05, 3.63) is 157 Å². The molecule has 0 amide bonds. The zero-order valence-corrected chi connectivity index (χ0v) is 27.0. The summed E-state index contributed by atoms with van der Waals surface area (Å²) in [4.78, 5) is 0. The van der Waals surface area contributed by atoms with Crippen LogP contribution in [0.15, 0.2) is 146 Å². The summed E-state index contributed by atoms with van der Waals surface area (Å²) in [5.41, 5.74) is 10.9. The Kier molecular flexibility index (Phi) is 5.29. The number of fused-ring (bicyclic) bond motifs is 12. The van der Waals surface area contributed by atoms with E-state index in [1.54, 1.807) is 0 Å². The van der Waals surface area contributed by atoms with Crippen LogP contribution in [-0.4, -0.2) is 0 Å². The summed E-state index contributed by atoms with van der Waals surface area (Å²) >= 11 is 3.80. The Morgan fingerprint density at radius 1 is 0.340 bits per heavy atom. The minimum absolute atomic E-state index is 0.974. The molecule has 0 aliphatic heterocycles. The summed E-state index contributed by atoms with van der Waals surface area (Å²) in [7, 11) is 0. The van der Waals surface area contributed by atoms with Gasteiger partial charge in [0.05, 0.1) is 0 Å². The fourth-order valence-corrected chi connectivity index (χ4v) is 10.6. The molecule has 2 heterocycles. The second-order valence-corrected chi connectivity index (χ2v) is 14.9. The first-order valence-corrected chi connectivity index (χ1v) is 17.9. The van der Waals surface area contributed by atoms with Crippen LogP contribution in [0.3, 0.4) is 0 Å². The lowest BCUT2D eigenvalue weighted by Crippen LogP contribution is -1.91. The van der Waals surface area contributed by atoms with Crippen LogP contribution in [0.4, 0.5) is 0 Å². The third kappa shape index (κ3) is 3.63. The Labute approximate surface area is 279 Å². The van der Waals surface area contributed by atoms with E-state index in [-0.39, 0.29) is 0 Å². The maximum absolute atomic E-state index is 2.48. The molecule has 2 heteroatoms. The van der Waals surface area contributed by atoms with E-state index in [1.165, 1.54) is 106 Å². The van der Waals surface area contributed by atoms with Gasteiger partial charge in [0, 0.05) is 40.3 Å². The van der Waals surface area contributed by atoms with E-state index in [2.05, 4.69) is 146 Å². The molecule has 0 N–H and O–H groups in total. The molecular weight excluding hydrogens is 605 g/mol. The molecule has 218 valence electrons. The topological polar surface area (TPSA) is 0 Å². The van der Waals surface area contributed by atoms with Gasteiger partial charge in [-0.25, -0.2) is 0 Å². The van der Waals surface area contributed by atoms with Gasteiger partial charge in [0.15, 0.2) is 0 Å². The molecular formula is C45H26S2. The maximum Gasteiger partial charge on any atom is 0.0361 e. The zero-order chi connectivity index (χ0) is 30.6. The SMILES string of the molecule is c1ccc2c(c1)sc1cc(-c3c4ccccc4c(-c4ccc5c(c4)Cc4ccc6sc7ccccc7c6c4-5)c4ccccc34)ccc12. The van der Waals surface area contributed by atoms with E-state index in [4.69, 9.17) is 0 Å². The van der Waals surface area contributed by atoms with Gasteiger partial charge in [-0.05, 0) is 96.7 Å². The number of rotatable bonds is 2. The minimum atomic E-state index is 0.974. The second-order valence-electron chi connectivity index (χ2n) is 12.8. The predicted octanol–water partition coefficient (Wildman–Crippen LogP) is 13.6. The molecule has 47 heavy (non-hydrogen) atoms. The van der Waals surface area contributed by atoms with Crippen molar-refractivity contribution in [2.24, 2.45) is 0 Å². The van der Waals surface area contributed by atoms with E-state index in [1.807, 2.05) is 22.7 Å². The lowest BCUT2D eigenvalue weighted by atomic mass is 9.85. The van der Waals surface area contributed by atoms with Crippen LogP contribution >= 0.6 is 22.7 Å². The van der Waals surface area contributed by atoms with Crippen LogP contribution in [0.1, 0.15) is 11.1 Å². The Bertz CT molecular complexity index is 2880. The normalized spacial score (nSPS) is 12.6. The van der Waals surface area contributed by atoms with E-state index in [0.29, 0.717) is 0 Å². The van der Waals surface area contributed by atoms with Crippen molar-refractivity contribution in [1.29, 1.82) is 0 Å². The molecule has 11 rings (SSSR count). The minimum Gasteiger partial charge on any atom is -0.135 e. The average molecular weight is 631 g/mol. The fraction of sp³-hybridized carbons (Fsp3) is 0.0222. The van der Waals surface area contributed by atoms with Crippen LogP contribution in [0.25, 0.3) is 95.3 Å². The van der Waals surface area contributed by atoms with Crippen LogP contribution in [0.5, 0.6) is 0 Å². The average Bonchev–Trinajstić information content (AvgIpc) is 3.80. The van der Waals surface area contributed by atoms with Crippen molar-refractivity contribution in [2.45, 2.75) is 6.42 Å². The first-order valence-electron chi connectivity index (χ1n) is 16.2. The molecule has 1 aliphatic carbocycles. The molecule has 0 radical (unpaired) electrons. The van der Waals surface area contributed by atoms with Gasteiger partial charge in [-0.1, -0.05) is 121 Å². The predicted molar refractivity (Wildman–Crippen MR) is 206 cm³/mol. The Balaban J connectivity index is 1.14. The zero-order valence-electron chi connectivity index (χ0n) is 25.4. The summed E-state index contributed by atoms with van der Waals surface area (Å²) in [5.74, 6) is 0. The fourth-order valence-electron chi connectivity index (χ4n) is 8.29. The van der Waals surface area contributed by atoms with Crippen molar-refractivity contribution in [1.82, 2.24) is 0 Å². The Morgan fingerprint density at radius 3 is 1.57 bits per heavy atom. The number of thiophene rings is 2. The van der Waals surface area contributed by atoms with Crippen molar-refractivity contribution >= 4 is 84.6 Å². The Hall–Kier alpha value is -5.28. The standard InChI is InChI=1S/C45H26S2/c1-3-12-35-33(10-1)42(26-17-20-30-29(23-26)24-27-19-22-40-45(44(27)30)37-14-6-8-16-39(37)46-40)34-11-2-4-13-36(34)43(35)28-18-21-32-31-9-5-7-15-38(31)47-41(32)25-28/h1-23,25H,24H2. The van der Waals surface area contributed by atoms with Crippen molar-refractivity contribution in [3.8, 4) is 33.4 Å². The van der Waals surface area contributed by atoms with Crippen molar-refractivity contribution in [2.75, 3.05) is 0 Å². The first-order chi connectivity index (χ1) is 23.3. The molecule has 0 bridgehead atoms. The van der Waals surface area contributed by atoms with Gasteiger partial charge in [0.25, 0.3) is 0 Å². The van der Waals surface area contributed by atoms with Crippen LogP contribution < -0.4 is 0 Å². The maximum atomic E-state index is 2.48. The molecule has 0 unspecified atom stereocenters. The lowest BCUT2D eigenvalue weighted by Gasteiger charge is -2.18. The highest BCUT2D eigenvalue weighted by Gasteiger charge is 2.25. The second kappa shape index (κ2) is 9.62. The first kappa shape index (κ1) is 25.9. The van der Waals surface area contributed by atoms with Gasteiger partial charge in [0.1, 0.15) is 0 Å². The summed E-state index contributed by atoms with van der Waals surface area (Å²) in [5, 5.41) is 10.7. The van der Waals surface area contributed by atoms with Gasteiger partial charge in [0.2, 0.25) is 0 Å². The van der Waals surface area contributed by atoms with Crippen molar-refractivity contribution in [3.63, 3.8) is 0 Å². The van der Waals surface area contributed by atoms with Crippen LogP contribution in [0.2, 0.25) is 0 Å². The summed E-state index contributed by atoms with van der Waals surface area (Å²) in [6, 6.07) is 54.7. The van der Waals surface area contributed by atoms with Crippen LogP contribution in [0, 0.1) is 0 Å². The highest BCUT2D eigenvalue weighted by molar-refractivity contribution is 7.26. The molecule has 2 aromatic heterocycles. The smallest absolute Gasteiger partial charge is 0.0361 e. The molecule has 8 aromatic carbocycles. The largest absolute Gasteiger partial charge is 0.135 e. The highest BCUT2D eigenvalue weighted by Crippen LogP contribution is 2.50. The lowest BCUT2D eigenvalue weighted by molar-refractivity contribution is 1.27. The molecule has 10 aromatic rings. The molecule has 0 fully saturated rings. The number of hydrogen-bond donors (Lipinski definition) is 0. The van der Waals surface area contributed by atoms with Gasteiger partial charge in [-0.3, -0.25) is 0 Å². The summed E-state index contributed by atoms with van der Waals surface area (Å²) < 4.78 is 5.43. The third-order valence-corrected chi connectivity index (χ3v) is 12.5. The van der Waals surface area contributed by atoms with Gasteiger partial charge >= 0.3 is 0 Å². The highest BCUT2D eigenvalue weighted by atomic mass is 32.1. The van der Waals surface area contributed by atoms with Crippen LogP contribution in [-0.2, 0) is 6.42 Å². The third-order valence-electron chi connectivity index (χ3n) is 10.3. The molecule has 1 aliphatic rings. The van der Waals surface area contributed by atoms with Crippen molar-refractivity contribution < 1.29 is 0 Å². The van der Waals surface area contributed by atoms with E-state index < -0.39 is 0 Å². The molecule has 0 nitrogen and oxygen atoms in total.